The van der Waals surface area contributed by atoms with Crippen molar-refractivity contribution in [3.63, 3.8) is 0 Å². The lowest BCUT2D eigenvalue weighted by Crippen LogP contribution is -2.23. The van der Waals surface area contributed by atoms with Crippen LogP contribution in [0.5, 0.6) is 0 Å². The van der Waals surface area contributed by atoms with Crippen LogP contribution in [0.3, 0.4) is 0 Å². The first-order valence-electron chi connectivity index (χ1n) is 9.01. The number of thiazole rings is 1. The third-order valence-electron chi connectivity index (χ3n) is 4.83. The molecule has 2 heterocycles. The second-order valence-electron chi connectivity index (χ2n) is 6.90. The summed E-state index contributed by atoms with van der Waals surface area (Å²) in [5.74, 6) is -0.335. The third-order valence-corrected chi connectivity index (χ3v) is 5.99. The van der Waals surface area contributed by atoms with Crippen molar-refractivity contribution >= 4 is 22.2 Å². The predicted molar refractivity (Wildman–Crippen MR) is 110 cm³/mol. The van der Waals surface area contributed by atoms with Crippen LogP contribution in [0.1, 0.15) is 32.1 Å². The summed E-state index contributed by atoms with van der Waals surface area (Å²) in [6, 6.07) is 12.1. The summed E-state index contributed by atoms with van der Waals surface area (Å²) in [6.45, 7) is 6.43. The average molecular weight is 393 g/mol. The first-order chi connectivity index (χ1) is 13.4. The fraction of sp³-hybridized carbons (Fsp3) is 0.182. The number of carbonyl (C=O) groups is 1. The quantitative estimate of drug-likeness (QED) is 0.527. The number of carbonyl (C=O) groups excluding carboxylic acids is 1. The maximum atomic E-state index is 13.1. The Morgan fingerprint density at radius 1 is 1.14 bits per heavy atom. The van der Waals surface area contributed by atoms with Gasteiger partial charge in [-0.05, 0) is 56.7 Å². The lowest BCUT2D eigenvalue weighted by atomic mass is 10.1. The maximum absolute atomic E-state index is 13.1. The molecular weight excluding hydrogens is 373 g/mol. The zero-order chi connectivity index (χ0) is 19.8. The molecule has 142 valence electrons. The SMILES string of the molecule is Cc1ccc(C(=O)NCc2sc3nc(-c4ccc(F)cc4)cn3c2C)c(C)c1. The standard InChI is InChI=1S/C22H20FN3OS/c1-13-4-9-18(14(2)10-13)21(27)24-11-20-15(3)26-12-19(25-22(26)28-20)16-5-7-17(23)8-6-16/h4-10,12H,11H2,1-3H3,(H,24,27). The Kier molecular flexibility index (Phi) is 4.73. The van der Waals surface area contributed by atoms with Gasteiger partial charge in [0.1, 0.15) is 5.82 Å². The van der Waals surface area contributed by atoms with Crippen LogP contribution in [-0.4, -0.2) is 15.3 Å². The van der Waals surface area contributed by atoms with Gasteiger partial charge in [0.05, 0.1) is 12.2 Å². The van der Waals surface area contributed by atoms with Crippen LogP contribution in [0.15, 0.2) is 48.7 Å². The van der Waals surface area contributed by atoms with E-state index in [0.29, 0.717) is 12.1 Å². The highest BCUT2D eigenvalue weighted by atomic mass is 32.1. The van der Waals surface area contributed by atoms with E-state index in [2.05, 4.69) is 10.3 Å². The van der Waals surface area contributed by atoms with E-state index in [-0.39, 0.29) is 11.7 Å². The summed E-state index contributed by atoms with van der Waals surface area (Å²) in [5.41, 5.74) is 5.53. The summed E-state index contributed by atoms with van der Waals surface area (Å²) < 4.78 is 15.1. The third kappa shape index (κ3) is 3.43. The Morgan fingerprint density at radius 3 is 2.57 bits per heavy atom. The maximum Gasteiger partial charge on any atom is 0.251 e. The Bertz CT molecular complexity index is 1170. The van der Waals surface area contributed by atoms with Crippen LogP contribution in [0, 0.1) is 26.6 Å². The molecule has 0 aliphatic carbocycles. The van der Waals surface area contributed by atoms with Gasteiger partial charge in [-0.3, -0.25) is 9.20 Å². The lowest BCUT2D eigenvalue weighted by Gasteiger charge is -2.08. The van der Waals surface area contributed by atoms with Crippen molar-refractivity contribution in [3.8, 4) is 11.3 Å². The van der Waals surface area contributed by atoms with Gasteiger partial charge in [-0.25, -0.2) is 9.37 Å². The van der Waals surface area contributed by atoms with E-state index in [9.17, 15) is 9.18 Å². The summed E-state index contributed by atoms with van der Waals surface area (Å²) in [6.07, 6.45) is 1.95. The van der Waals surface area contributed by atoms with Gasteiger partial charge in [0.25, 0.3) is 5.91 Å². The molecule has 4 aromatic rings. The molecule has 0 radical (unpaired) electrons. The largest absolute Gasteiger partial charge is 0.347 e. The van der Waals surface area contributed by atoms with Gasteiger partial charge in [0, 0.05) is 27.9 Å². The summed E-state index contributed by atoms with van der Waals surface area (Å²) in [7, 11) is 0. The molecule has 0 atom stereocenters. The van der Waals surface area contributed by atoms with Gasteiger partial charge in [-0.2, -0.15) is 0 Å². The Balaban J connectivity index is 1.53. The van der Waals surface area contributed by atoms with E-state index < -0.39 is 0 Å². The summed E-state index contributed by atoms with van der Waals surface area (Å²) >= 11 is 1.55. The van der Waals surface area contributed by atoms with Crippen molar-refractivity contribution in [2.45, 2.75) is 27.3 Å². The number of hydrogen-bond acceptors (Lipinski definition) is 3. The molecule has 1 N–H and O–H groups in total. The monoisotopic (exact) mass is 393 g/mol. The molecule has 1 amide bonds. The van der Waals surface area contributed by atoms with Crippen molar-refractivity contribution in [2.24, 2.45) is 0 Å². The van der Waals surface area contributed by atoms with Gasteiger partial charge >= 0.3 is 0 Å². The van der Waals surface area contributed by atoms with Crippen molar-refractivity contribution < 1.29 is 9.18 Å². The van der Waals surface area contributed by atoms with E-state index in [1.807, 2.05) is 49.6 Å². The van der Waals surface area contributed by atoms with E-state index in [0.717, 1.165) is 37.9 Å². The van der Waals surface area contributed by atoms with Crippen molar-refractivity contribution in [2.75, 3.05) is 0 Å². The molecule has 28 heavy (non-hydrogen) atoms. The number of hydrogen-bond donors (Lipinski definition) is 1. The van der Waals surface area contributed by atoms with Crippen LogP contribution in [0.4, 0.5) is 4.39 Å². The zero-order valence-electron chi connectivity index (χ0n) is 15.9. The number of amides is 1. The number of fused-ring (bicyclic) bond motifs is 1. The minimum absolute atomic E-state index is 0.0741. The summed E-state index contributed by atoms with van der Waals surface area (Å²) in [5, 5.41) is 3.01. The fourth-order valence-electron chi connectivity index (χ4n) is 3.24. The minimum Gasteiger partial charge on any atom is -0.347 e. The molecule has 0 aliphatic rings. The molecule has 4 nitrogen and oxygen atoms in total. The second-order valence-corrected chi connectivity index (χ2v) is 7.96. The van der Waals surface area contributed by atoms with E-state index in [1.165, 1.54) is 12.1 Å². The highest BCUT2D eigenvalue weighted by molar-refractivity contribution is 7.17. The smallest absolute Gasteiger partial charge is 0.251 e. The molecule has 0 saturated heterocycles. The van der Waals surface area contributed by atoms with Crippen molar-refractivity contribution in [3.05, 3.63) is 81.7 Å². The minimum atomic E-state index is -0.261. The average Bonchev–Trinajstić information content (AvgIpc) is 3.20. The molecule has 0 aliphatic heterocycles. The number of rotatable bonds is 4. The van der Waals surface area contributed by atoms with E-state index in [1.54, 1.807) is 23.5 Å². The summed E-state index contributed by atoms with van der Waals surface area (Å²) in [4.78, 5) is 19.1. The second kappa shape index (κ2) is 7.20. The molecule has 0 spiro atoms. The molecule has 0 bridgehead atoms. The normalized spacial score (nSPS) is 11.1. The first-order valence-corrected chi connectivity index (χ1v) is 9.83. The number of imidazole rings is 1. The molecule has 2 aromatic heterocycles. The van der Waals surface area contributed by atoms with Gasteiger partial charge in [-0.1, -0.05) is 29.0 Å². The number of aryl methyl sites for hydroxylation is 3. The number of nitrogens with one attached hydrogen (secondary N) is 1. The fourth-order valence-corrected chi connectivity index (χ4v) is 4.28. The Labute approximate surface area is 166 Å². The molecule has 0 fully saturated rings. The predicted octanol–water partition coefficient (Wildman–Crippen LogP) is 5.06. The highest BCUT2D eigenvalue weighted by Gasteiger charge is 2.15. The Morgan fingerprint density at radius 2 is 1.89 bits per heavy atom. The van der Waals surface area contributed by atoms with Gasteiger partial charge in [-0.15, -0.1) is 0 Å². The van der Waals surface area contributed by atoms with Gasteiger partial charge < -0.3 is 5.32 Å². The van der Waals surface area contributed by atoms with Crippen LogP contribution in [0.2, 0.25) is 0 Å². The molecule has 0 unspecified atom stereocenters. The molecular formula is C22H20FN3OS. The molecule has 2 aromatic carbocycles. The van der Waals surface area contributed by atoms with Crippen molar-refractivity contribution in [1.82, 2.24) is 14.7 Å². The van der Waals surface area contributed by atoms with Crippen LogP contribution >= 0.6 is 11.3 Å². The lowest BCUT2D eigenvalue weighted by molar-refractivity contribution is 0.0950. The van der Waals surface area contributed by atoms with Crippen LogP contribution < -0.4 is 5.32 Å². The number of aromatic nitrogens is 2. The van der Waals surface area contributed by atoms with E-state index in [4.69, 9.17) is 0 Å². The Hall–Kier alpha value is -2.99. The van der Waals surface area contributed by atoms with Crippen LogP contribution in [0.25, 0.3) is 16.2 Å². The number of halogens is 1. The topological polar surface area (TPSA) is 46.4 Å². The molecule has 0 saturated carbocycles. The number of benzene rings is 2. The van der Waals surface area contributed by atoms with Crippen LogP contribution in [-0.2, 0) is 6.54 Å². The molecule has 4 rings (SSSR count). The van der Waals surface area contributed by atoms with E-state index >= 15 is 0 Å². The first kappa shape index (κ1) is 18.4. The van der Waals surface area contributed by atoms with Gasteiger partial charge in [0.15, 0.2) is 4.96 Å². The highest BCUT2D eigenvalue weighted by Crippen LogP contribution is 2.27. The zero-order valence-corrected chi connectivity index (χ0v) is 16.7. The van der Waals surface area contributed by atoms with Crippen molar-refractivity contribution in [1.29, 1.82) is 0 Å². The van der Waals surface area contributed by atoms with Gasteiger partial charge in [0.2, 0.25) is 0 Å². The molecule has 6 heteroatoms. The number of nitrogens with zero attached hydrogens (tertiary/aromatic N) is 2.